The highest BCUT2D eigenvalue weighted by Gasteiger charge is 2.42. The molecule has 1 aliphatic heterocycles. The van der Waals surface area contributed by atoms with Crippen molar-refractivity contribution in [2.45, 2.75) is 69.9 Å². The molecular formula is C28H34ClF3N4O6Si. The highest BCUT2D eigenvalue weighted by atomic mass is 35.5. The van der Waals surface area contributed by atoms with Crippen LogP contribution in [0.3, 0.4) is 0 Å². The molecule has 2 amide bonds. The fraction of sp³-hybridized carbons (Fsp3) is 0.500. The molecule has 2 heterocycles. The van der Waals surface area contributed by atoms with Crippen LogP contribution in [0.1, 0.15) is 49.3 Å². The van der Waals surface area contributed by atoms with Gasteiger partial charge >= 0.3 is 17.8 Å². The summed E-state index contributed by atoms with van der Waals surface area (Å²) in [7, 11) is -2.14. The Morgan fingerprint density at radius 2 is 1.88 bits per heavy atom. The summed E-state index contributed by atoms with van der Waals surface area (Å²) in [4.78, 5) is 41.0. The van der Waals surface area contributed by atoms with E-state index in [0.29, 0.717) is 0 Å². The first-order valence-electron chi connectivity index (χ1n) is 13.3. The number of anilines is 1. The predicted octanol–water partition coefficient (Wildman–Crippen LogP) is 4.42. The van der Waals surface area contributed by atoms with Gasteiger partial charge in [0.05, 0.1) is 24.8 Å². The summed E-state index contributed by atoms with van der Waals surface area (Å²) in [5, 5.41) is 4.11. The molecule has 0 saturated carbocycles. The third-order valence-corrected chi connectivity index (χ3v) is 11.8. The Morgan fingerprint density at radius 1 is 1.21 bits per heavy atom. The smallest absolute Gasteiger partial charge is 0.414 e. The minimum absolute atomic E-state index is 0.00419. The molecule has 15 heteroatoms. The van der Waals surface area contributed by atoms with Crippen LogP contribution in [-0.2, 0) is 18.7 Å². The quantitative estimate of drug-likeness (QED) is 0.236. The van der Waals surface area contributed by atoms with Crippen LogP contribution in [0.15, 0.2) is 41.3 Å². The zero-order valence-corrected chi connectivity index (χ0v) is 26.1. The van der Waals surface area contributed by atoms with Gasteiger partial charge in [-0.1, -0.05) is 62.4 Å². The monoisotopic (exact) mass is 642 g/mol. The molecule has 43 heavy (non-hydrogen) atoms. The molecule has 10 nitrogen and oxygen atoms in total. The highest BCUT2D eigenvalue weighted by Crippen LogP contribution is 2.38. The molecule has 1 aliphatic rings. The van der Waals surface area contributed by atoms with Gasteiger partial charge in [0.25, 0.3) is 5.91 Å². The summed E-state index contributed by atoms with van der Waals surface area (Å²) in [6.45, 7) is 10.0. The van der Waals surface area contributed by atoms with E-state index in [1.165, 1.54) is 6.20 Å². The van der Waals surface area contributed by atoms with E-state index in [1.54, 1.807) is 35.6 Å². The first kappa shape index (κ1) is 34.3. The lowest BCUT2D eigenvalue weighted by atomic mass is 10.2. The maximum atomic E-state index is 13.1. The van der Waals surface area contributed by atoms with Gasteiger partial charge in [-0.25, -0.2) is 4.79 Å². The van der Waals surface area contributed by atoms with Gasteiger partial charge in [0.1, 0.15) is 18.4 Å². The number of hydrogen-bond acceptors (Lipinski definition) is 7. The van der Waals surface area contributed by atoms with Crippen LogP contribution in [0.5, 0.6) is 0 Å². The van der Waals surface area contributed by atoms with E-state index < -0.39 is 57.0 Å². The maximum absolute atomic E-state index is 13.1. The number of halogens is 4. The van der Waals surface area contributed by atoms with Crippen LogP contribution in [-0.4, -0.2) is 67.3 Å². The fourth-order valence-corrected chi connectivity index (χ4v) is 4.96. The number of nitrogens with zero attached hydrogens (tertiary/aromatic N) is 2. The minimum atomic E-state index is -5.07. The molecule has 2 aromatic rings. The van der Waals surface area contributed by atoms with Crippen molar-refractivity contribution in [3.05, 3.63) is 58.1 Å². The molecule has 0 spiro atoms. The molecule has 2 N–H and O–H groups in total. The van der Waals surface area contributed by atoms with Gasteiger partial charge in [0, 0.05) is 18.2 Å². The van der Waals surface area contributed by atoms with Crippen molar-refractivity contribution in [2.75, 3.05) is 24.5 Å². The van der Waals surface area contributed by atoms with Crippen molar-refractivity contribution >= 4 is 37.6 Å². The molecule has 3 atom stereocenters. The molecular weight excluding hydrogens is 609 g/mol. The summed E-state index contributed by atoms with van der Waals surface area (Å²) in [6.07, 6.45) is -5.51. The average molecular weight is 643 g/mol. The Kier molecular flexibility index (Phi) is 11.2. The Bertz CT molecular complexity index is 1420. The number of nitrogens with one attached hydrogen (secondary N) is 2. The number of hydrogen-bond donors (Lipinski definition) is 2. The number of ether oxygens (including phenoxy) is 2. The Morgan fingerprint density at radius 3 is 2.49 bits per heavy atom. The van der Waals surface area contributed by atoms with Gasteiger partial charge in [-0.15, -0.1) is 0 Å². The summed E-state index contributed by atoms with van der Waals surface area (Å²) in [5.74, 6) is 2.02. The molecule has 0 bridgehead atoms. The van der Waals surface area contributed by atoms with Crippen molar-refractivity contribution < 1.29 is 36.7 Å². The number of carbonyl (C=O) groups is 2. The lowest BCUT2D eigenvalue weighted by molar-refractivity contribution is -0.173. The van der Waals surface area contributed by atoms with E-state index in [4.69, 9.17) is 25.5 Å². The van der Waals surface area contributed by atoms with E-state index in [-0.39, 0.29) is 41.1 Å². The topological polar surface area (TPSA) is 121 Å². The summed E-state index contributed by atoms with van der Waals surface area (Å²) in [5.41, 5.74) is -0.501. The lowest BCUT2D eigenvalue weighted by Crippen LogP contribution is -2.44. The number of aromatic nitrogens is 2. The van der Waals surface area contributed by atoms with Crippen LogP contribution < -0.4 is 16.3 Å². The van der Waals surface area contributed by atoms with Gasteiger partial charge in [0.15, 0.2) is 14.1 Å². The maximum Gasteiger partial charge on any atom is 0.471 e. The normalized spacial score (nSPS) is 19.0. The molecule has 1 aromatic carbocycles. The van der Waals surface area contributed by atoms with Gasteiger partial charge in [-0.2, -0.15) is 18.2 Å². The molecule has 0 aliphatic carbocycles. The average Bonchev–Trinajstić information content (AvgIpc) is 3.32. The number of alkyl halides is 4. The van der Waals surface area contributed by atoms with Crippen LogP contribution in [0.2, 0.25) is 18.1 Å². The van der Waals surface area contributed by atoms with E-state index >= 15 is 0 Å². The molecule has 234 valence electrons. The van der Waals surface area contributed by atoms with Crippen molar-refractivity contribution in [3.63, 3.8) is 0 Å². The zero-order valence-electron chi connectivity index (χ0n) is 24.4. The third kappa shape index (κ3) is 9.13. The number of carbonyl (C=O) groups excluding carboxylic acids is 2. The zero-order chi connectivity index (χ0) is 32.0. The second kappa shape index (κ2) is 14.0. The van der Waals surface area contributed by atoms with Crippen LogP contribution in [0, 0.1) is 11.8 Å². The predicted molar refractivity (Wildman–Crippen MR) is 156 cm³/mol. The highest BCUT2D eigenvalue weighted by molar-refractivity contribution is 6.74. The fourth-order valence-electron chi connectivity index (χ4n) is 3.78. The minimum Gasteiger partial charge on any atom is -0.414 e. The number of benzene rings is 1. The van der Waals surface area contributed by atoms with Crippen molar-refractivity contribution in [3.8, 4) is 11.8 Å². The first-order valence-corrected chi connectivity index (χ1v) is 16.8. The SMILES string of the molecule is CC(C)(C)[Si](C)(C)OC[C@H]1O[C@@H](n2cc(C#CCNC(=O)C(F)(F)F)c(NC(=O)c3ccccc3)nc2=O)C[C@H]1OCCl. The summed E-state index contributed by atoms with van der Waals surface area (Å²) >= 11 is 5.85. The van der Waals surface area contributed by atoms with Crippen molar-refractivity contribution in [1.29, 1.82) is 0 Å². The Balaban J connectivity index is 1.91. The van der Waals surface area contributed by atoms with Gasteiger partial charge < -0.3 is 24.5 Å². The largest absolute Gasteiger partial charge is 0.471 e. The van der Waals surface area contributed by atoms with E-state index in [0.717, 1.165) is 4.57 Å². The van der Waals surface area contributed by atoms with Crippen molar-refractivity contribution in [2.24, 2.45) is 0 Å². The van der Waals surface area contributed by atoms with E-state index in [1.807, 2.05) is 0 Å². The van der Waals surface area contributed by atoms with Gasteiger partial charge in [-0.3, -0.25) is 14.2 Å². The molecule has 3 rings (SSSR count). The third-order valence-electron chi connectivity index (χ3n) is 7.22. The second-order valence-corrected chi connectivity index (χ2v) is 16.3. The standard InChI is InChI=1S/C28H34ClF3N4O6Si/c1-27(2,3)43(4,5)41-16-21-20(40-17-29)14-22(42-21)36-15-19(12-9-13-33-25(38)28(30,31)32)23(35-26(36)39)34-24(37)18-10-7-6-8-11-18/h6-8,10-11,15,20-22H,13-14,16-17H2,1-5H3,(H,33,38)(H,34,35,37,39)/t20-,21-,22-/m1/s1. The van der Waals surface area contributed by atoms with Gasteiger partial charge in [-0.05, 0) is 30.3 Å². The molecule has 0 radical (unpaired) electrons. The van der Waals surface area contributed by atoms with Gasteiger partial charge in [0.2, 0.25) is 0 Å². The van der Waals surface area contributed by atoms with Crippen LogP contribution in [0.25, 0.3) is 0 Å². The number of rotatable bonds is 9. The van der Waals surface area contributed by atoms with Crippen molar-refractivity contribution in [1.82, 2.24) is 14.9 Å². The van der Waals surface area contributed by atoms with E-state index in [9.17, 15) is 27.6 Å². The lowest BCUT2D eigenvalue weighted by Gasteiger charge is -2.37. The molecule has 0 unspecified atom stereocenters. The molecule has 1 aromatic heterocycles. The first-order chi connectivity index (χ1) is 20.0. The Labute approximate surface area is 253 Å². The van der Waals surface area contributed by atoms with Crippen LogP contribution >= 0.6 is 11.6 Å². The Hall–Kier alpha value is -3.22. The molecule has 1 fully saturated rings. The summed E-state index contributed by atoms with van der Waals surface area (Å²) in [6, 6.07) is 7.98. The number of amides is 2. The van der Waals surface area contributed by atoms with Crippen LogP contribution in [0.4, 0.5) is 19.0 Å². The molecule has 1 saturated heterocycles. The second-order valence-electron chi connectivity index (χ2n) is 11.2. The summed E-state index contributed by atoms with van der Waals surface area (Å²) < 4.78 is 56.9. The van der Waals surface area contributed by atoms with E-state index in [2.05, 4.69) is 56.0 Å².